The van der Waals surface area contributed by atoms with Crippen LogP contribution in [0.25, 0.3) is 11.0 Å². The number of hydrogen-bond donors (Lipinski definition) is 2. The van der Waals surface area contributed by atoms with Crippen molar-refractivity contribution >= 4 is 23.4 Å². The summed E-state index contributed by atoms with van der Waals surface area (Å²) in [5.41, 5.74) is 3.38. The maximum Gasteiger partial charge on any atom is 0.326 e. The quantitative estimate of drug-likeness (QED) is 0.898. The molecule has 2 aliphatic rings. The van der Waals surface area contributed by atoms with E-state index in [-0.39, 0.29) is 18.1 Å². The predicted octanol–water partition coefficient (Wildman–Crippen LogP) is 1.68. The average Bonchev–Trinajstić information content (AvgIpc) is 3.14. The Morgan fingerprint density at radius 1 is 1.37 bits per heavy atom. The molecule has 5 heteroatoms. The van der Waals surface area contributed by atoms with E-state index in [1.165, 1.54) is 18.4 Å². The highest BCUT2D eigenvalue weighted by molar-refractivity contribution is 5.85. The van der Waals surface area contributed by atoms with Crippen LogP contribution < -0.4 is 11.0 Å². The van der Waals surface area contributed by atoms with Crippen molar-refractivity contribution in [1.82, 2.24) is 14.9 Å². The first-order chi connectivity index (χ1) is 8.81. The van der Waals surface area contributed by atoms with Crippen LogP contribution in [0.15, 0.2) is 23.0 Å². The zero-order valence-corrected chi connectivity index (χ0v) is 11.5. The molecule has 0 amide bonds. The van der Waals surface area contributed by atoms with E-state index in [9.17, 15) is 4.79 Å². The number of aromatic nitrogens is 2. The van der Waals surface area contributed by atoms with E-state index in [2.05, 4.69) is 16.4 Å². The average molecular weight is 280 g/mol. The van der Waals surface area contributed by atoms with Crippen LogP contribution in [-0.4, -0.2) is 22.1 Å². The lowest BCUT2D eigenvalue weighted by molar-refractivity contribution is 0.424. The van der Waals surface area contributed by atoms with Gasteiger partial charge in [0, 0.05) is 12.6 Å². The van der Waals surface area contributed by atoms with E-state index in [4.69, 9.17) is 0 Å². The smallest absolute Gasteiger partial charge is 0.312 e. The van der Waals surface area contributed by atoms with Crippen molar-refractivity contribution in [3.05, 3.63) is 34.2 Å². The van der Waals surface area contributed by atoms with Crippen LogP contribution in [0.2, 0.25) is 0 Å². The minimum absolute atomic E-state index is 0. The number of rotatable bonds is 3. The molecule has 2 aromatic rings. The molecule has 1 aromatic carbocycles. The molecule has 0 saturated heterocycles. The highest BCUT2D eigenvalue weighted by Crippen LogP contribution is 2.28. The summed E-state index contributed by atoms with van der Waals surface area (Å²) in [7, 11) is 0. The SMILES string of the molecule is Cl.O=c1[nH]c2cccc3c2n1CC(NCC1CC1)C3. The normalized spacial score (nSPS) is 21.4. The van der Waals surface area contributed by atoms with E-state index in [0.717, 1.165) is 36.5 Å². The first kappa shape index (κ1) is 12.8. The second-order valence-corrected chi connectivity index (χ2v) is 5.61. The fraction of sp³-hybridized carbons (Fsp3) is 0.500. The van der Waals surface area contributed by atoms with E-state index in [1.54, 1.807) is 0 Å². The van der Waals surface area contributed by atoms with E-state index < -0.39 is 0 Å². The molecule has 0 bridgehead atoms. The van der Waals surface area contributed by atoms with Crippen LogP contribution in [0.3, 0.4) is 0 Å². The van der Waals surface area contributed by atoms with Crippen molar-refractivity contribution in [1.29, 1.82) is 0 Å². The molecule has 4 rings (SSSR count). The first-order valence-electron chi connectivity index (χ1n) is 6.75. The summed E-state index contributed by atoms with van der Waals surface area (Å²) in [6.07, 6.45) is 3.76. The molecule has 102 valence electrons. The summed E-state index contributed by atoms with van der Waals surface area (Å²) in [6, 6.07) is 6.55. The minimum atomic E-state index is 0. The molecule has 19 heavy (non-hydrogen) atoms. The van der Waals surface area contributed by atoms with E-state index in [1.807, 2.05) is 16.7 Å². The lowest BCUT2D eigenvalue weighted by Crippen LogP contribution is -2.41. The van der Waals surface area contributed by atoms with Crippen molar-refractivity contribution in [3.63, 3.8) is 0 Å². The number of halogens is 1. The van der Waals surface area contributed by atoms with Crippen LogP contribution in [0.5, 0.6) is 0 Å². The summed E-state index contributed by atoms with van der Waals surface area (Å²) in [4.78, 5) is 14.9. The third kappa shape index (κ3) is 2.19. The van der Waals surface area contributed by atoms with Gasteiger partial charge in [-0.05, 0) is 43.4 Å². The molecule has 1 saturated carbocycles. The fourth-order valence-electron chi connectivity index (χ4n) is 2.98. The molecule has 0 spiro atoms. The molecule has 1 unspecified atom stereocenters. The number of imidazole rings is 1. The Morgan fingerprint density at radius 3 is 3.00 bits per heavy atom. The molecule has 1 aliphatic heterocycles. The Kier molecular flexibility index (Phi) is 3.15. The molecule has 4 nitrogen and oxygen atoms in total. The van der Waals surface area contributed by atoms with Crippen LogP contribution in [-0.2, 0) is 13.0 Å². The van der Waals surface area contributed by atoms with Crippen molar-refractivity contribution < 1.29 is 0 Å². The van der Waals surface area contributed by atoms with Gasteiger partial charge in [-0.1, -0.05) is 12.1 Å². The lowest BCUT2D eigenvalue weighted by Gasteiger charge is -2.24. The van der Waals surface area contributed by atoms with Gasteiger partial charge in [-0.15, -0.1) is 12.4 Å². The van der Waals surface area contributed by atoms with Gasteiger partial charge in [0.25, 0.3) is 0 Å². The molecular weight excluding hydrogens is 262 g/mol. The maximum absolute atomic E-state index is 11.9. The zero-order valence-electron chi connectivity index (χ0n) is 10.7. The summed E-state index contributed by atoms with van der Waals surface area (Å²) in [5.74, 6) is 0.880. The highest BCUT2D eigenvalue weighted by Gasteiger charge is 2.26. The minimum Gasteiger partial charge on any atom is -0.312 e. The maximum atomic E-state index is 11.9. The molecule has 1 fully saturated rings. The molecule has 2 N–H and O–H groups in total. The van der Waals surface area contributed by atoms with Crippen molar-refractivity contribution in [2.24, 2.45) is 5.92 Å². The first-order valence-corrected chi connectivity index (χ1v) is 6.75. The van der Waals surface area contributed by atoms with E-state index >= 15 is 0 Å². The van der Waals surface area contributed by atoms with E-state index in [0.29, 0.717) is 6.04 Å². The highest BCUT2D eigenvalue weighted by atomic mass is 35.5. The molecular formula is C14H18ClN3O. The molecule has 1 atom stereocenters. The number of H-pyrrole nitrogens is 1. The summed E-state index contributed by atoms with van der Waals surface area (Å²) in [5, 5.41) is 3.61. The molecule has 1 aliphatic carbocycles. The summed E-state index contributed by atoms with van der Waals surface area (Å²) < 4.78 is 1.89. The third-order valence-corrected chi connectivity index (χ3v) is 4.14. The van der Waals surface area contributed by atoms with Crippen LogP contribution in [0.4, 0.5) is 0 Å². The van der Waals surface area contributed by atoms with Gasteiger partial charge in [-0.25, -0.2) is 4.79 Å². The number of aromatic amines is 1. The Labute approximate surface area is 117 Å². The third-order valence-electron chi connectivity index (χ3n) is 4.14. The van der Waals surface area contributed by atoms with Crippen LogP contribution >= 0.6 is 12.4 Å². The second-order valence-electron chi connectivity index (χ2n) is 5.61. The van der Waals surface area contributed by atoms with Gasteiger partial charge >= 0.3 is 5.69 Å². The molecule has 2 heterocycles. The number of benzene rings is 1. The lowest BCUT2D eigenvalue weighted by atomic mass is 10.0. The van der Waals surface area contributed by atoms with Crippen LogP contribution in [0.1, 0.15) is 18.4 Å². The summed E-state index contributed by atoms with van der Waals surface area (Å²) in [6.45, 7) is 1.90. The van der Waals surface area contributed by atoms with Gasteiger partial charge < -0.3 is 10.3 Å². The van der Waals surface area contributed by atoms with Crippen molar-refractivity contribution in [3.8, 4) is 0 Å². The van der Waals surface area contributed by atoms with Crippen molar-refractivity contribution in [2.75, 3.05) is 6.54 Å². The van der Waals surface area contributed by atoms with Gasteiger partial charge in [-0.2, -0.15) is 0 Å². The van der Waals surface area contributed by atoms with Gasteiger partial charge in [0.2, 0.25) is 0 Å². The Bertz CT molecular complexity index is 656. The van der Waals surface area contributed by atoms with Crippen molar-refractivity contribution in [2.45, 2.75) is 31.8 Å². The molecule has 1 aromatic heterocycles. The number of hydrogen-bond acceptors (Lipinski definition) is 2. The fourth-order valence-corrected chi connectivity index (χ4v) is 2.98. The Balaban J connectivity index is 0.00000110. The van der Waals surface area contributed by atoms with Gasteiger partial charge in [-0.3, -0.25) is 4.57 Å². The van der Waals surface area contributed by atoms with Gasteiger partial charge in [0.05, 0.1) is 11.0 Å². The number of para-hydroxylation sites is 1. The molecule has 0 radical (unpaired) electrons. The Morgan fingerprint density at radius 2 is 2.21 bits per heavy atom. The monoisotopic (exact) mass is 279 g/mol. The van der Waals surface area contributed by atoms with Gasteiger partial charge in [0.1, 0.15) is 0 Å². The predicted molar refractivity (Wildman–Crippen MR) is 78.0 cm³/mol. The standard InChI is InChI=1S/C14H17N3O.ClH/c18-14-16-12-3-1-2-10-6-11(8-17(14)13(10)12)15-7-9-4-5-9;/h1-3,9,11,15H,4-8H2,(H,16,18);1H. The zero-order chi connectivity index (χ0) is 12.1. The van der Waals surface area contributed by atoms with Crippen LogP contribution in [0, 0.1) is 5.92 Å². The van der Waals surface area contributed by atoms with Gasteiger partial charge in [0.15, 0.2) is 0 Å². The number of nitrogens with one attached hydrogen (secondary N) is 2. The largest absolute Gasteiger partial charge is 0.326 e. The Hall–Kier alpha value is -1.26. The topological polar surface area (TPSA) is 49.8 Å². The second kappa shape index (κ2) is 4.69. The summed E-state index contributed by atoms with van der Waals surface area (Å²) >= 11 is 0. The number of nitrogens with zero attached hydrogens (tertiary/aromatic N) is 1.